The predicted octanol–water partition coefficient (Wildman–Crippen LogP) is 1.00. The number of carbonyl (C=O) groups excluding carboxylic acids is 1. The maximum Gasteiger partial charge on any atom is 0.339 e. The van der Waals surface area contributed by atoms with Crippen LogP contribution >= 0.6 is 0 Å². The van der Waals surface area contributed by atoms with E-state index in [1.165, 1.54) is 53.0 Å². The maximum atomic E-state index is 13.4. The van der Waals surface area contributed by atoms with E-state index in [4.69, 9.17) is 4.74 Å². The summed E-state index contributed by atoms with van der Waals surface area (Å²) in [6, 6.07) is 12.2. The molecule has 150 valence electrons. The first-order valence-electron chi connectivity index (χ1n) is 8.95. The average Bonchev–Trinajstić information content (AvgIpc) is 2.78. The van der Waals surface area contributed by atoms with Gasteiger partial charge < -0.3 is 9.30 Å². The lowest BCUT2D eigenvalue weighted by Crippen LogP contribution is -2.41. The Morgan fingerprint density at radius 3 is 2.47 bits per heavy atom. The first-order valence-corrected chi connectivity index (χ1v) is 8.95. The molecule has 4 rings (SSSR count). The van der Waals surface area contributed by atoms with E-state index in [1.807, 2.05) is 0 Å². The van der Waals surface area contributed by atoms with Gasteiger partial charge in [-0.3, -0.25) is 9.59 Å². The van der Waals surface area contributed by atoms with E-state index in [0.717, 1.165) is 4.57 Å². The molecule has 0 saturated carbocycles. The first kappa shape index (κ1) is 19.1. The standard InChI is InChI=1S/C21H16N4O5/c1-30-20(28)15-5-2-3-7-17(15)25-18-16(6-4-10-22-18)19(27)24(21(25)29)13-23-11-8-14(26)9-12-23/h2-12H,13H2,1H3. The van der Waals surface area contributed by atoms with Gasteiger partial charge in [0.15, 0.2) is 11.1 Å². The number of rotatable bonds is 4. The lowest BCUT2D eigenvalue weighted by molar-refractivity contribution is 0.0600. The highest BCUT2D eigenvalue weighted by Crippen LogP contribution is 2.17. The van der Waals surface area contributed by atoms with Gasteiger partial charge >= 0.3 is 11.7 Å². The van der Waals surface area contributed by atoms with Crippen LogP contribution in [-0.4, -0.2) is 31.8 Å². The molecule has 0 aliphatic rings. The van der Waals surface area contributed by atoms with Crippen molar-refractivity contribution in [3.05, 3.63) is 104 Å². The number of pyridine rings is 2. The summed E-state index contributed by atoms with van der Waals surface area (Å²) in [5, 5.41) is 0.206. The second kappa shape index (κ2) is 7.63. The molecule has 3 heterocycles. The van der Waals surface area contributed by atoms with Crippen LogP contribution in [0, 0.1) is 0 Å². The molecular formula is C21H16N4O5. The average molecular weight is 404 g/mol. The van der Waals surface area contributed by atoms with Crippen molar-refractivity contribution in [3.8, 4) is 5.69 Å². The Hall–Kier alpha value is -4.27. The van der Waals surface area contributed by atoms with Gasteiger partial charge in [0.25, 0.3) is 5.56 Å². The van der Waals surface area contributed by atoms with E-state index in [2.05, 4.69) is 4.98 Å². The first-order chi connectivity index (χ1) is 14.5. The molecule has 0 unspecified atom stereocenters. The Bertz CT molecular complexity index is 1430. The van der Waals surface area contributed by atoms with Crippen LogP contribution < -0.4 is 16.7 Å². The van der Waals surface area contributed by atoms with Crippen LogP contribution in [0.4, 0.5) is 0 Å². The quantitative estimate of drug-likeness (QED) is 0.470. The summed E-state index contributed by atoms with van der Waals surface area (Å²) < 4.78 is 8.60. The summed E-state index contributed by atoms with van der Waals surface area (Å²) in [7, 11) is 1.25. The fourth-order valence-corrected chi connectivity index (χ4v) is 3.18. The third-order valence-electron chi connectivity index (χ3n) is 4.61. The normalized spacial score (nSPS) is 10.8. The van der Waals surface area contributed by atoms with Crippen LogP contribution in [0.25, 0.3) is 16.7 Å². The Labute approximate surface area is 169 Å². The molecule has 0 aliphatic heterocycles. The highest BCUT2D eigenvalue weighted by atomic mass is 16.5. The summed E-state index contributed by atoms with van der Waals surface area (Å²) >= 11 is 0. The van der Waals surface area contributed by atoms with E-state index < -0.39 is 17.2 Å². The summed E-state index contributed by atoms with van der Waals surface area (Å²) in [5.74, 6) is -0.625. The number of carbonyl (C=O) groups is 1. The van der Waals surface area contributed by atoms with Crippen LogP contribution in [0.1, 0.15) is 10.4 Å². The summed E-state index contributed by atoms with van der Waals surface area (Å²) in [6.45, 7) is -0.122. The molecule has 0 amide bonds. The van der Waals surface area contributed by atoms with Gasteiger partial charge in [-0.2, -0.15) is 0 Å². The minimum Gasteiger partial charge on any atom is -0.465 e. The zero-order chi connectivity index (χ0) is 21.3. The molecule has 9 heteroatoms. The van der Waals surface area contributed by atoms with Crippen LogP contribution in [0.5, 0.6) is 0 Å². The van der Waals surface area contributed by atoms with Crippen molar-refractivity contribution in [2.45, 2.75) is 6.67 Å². The number of hydrogen-bond donors (Lipinski definition) is 0. The number of ether oxygens (including phenoxy) is 1. The molecule has 0 N–H and O–H groups in total. The van der Waals surface area contributed by atoms with Crippen LogP contribution in [0.2, 0.25) is 0 Å². The number of aromatic nitrogens is 4. The molecule has 0 atom stereocenters. The van der Waals surface area contributed by atoms with E-state index in [0.29, 0.717) is 0 Å². The van der Waals surface area contributed by atoms with E-state index >= 15 is 0 Å². The van der Waals surface area contributed by atoms with Gasteiger partial charge in [-0.25, -0.2) is 23.7 Å². The topological polar surface area (TPSA) is 105 Å². The van der Waals surface area contributed by atoms with Gasteiger partial charge in [0, 0.05) is 30.7 Å². The minimum absolute atomic E-state index is 0.122. The monoisotopic (exact) mass is 404 g/mol. The number of benzene rings is 1. The summed E-state index contributed by atoms with van der Waals surface area (Å²) in [4.78, 5) is 54.3. The fourth-order valence-electron chi connectivity index (χ4n) is 3.18. The van der Waals surface area contributed by atoms with Gasteiger partial charge in [-0.15, -0.1) is 0 Å². The second-order valence-corrected chi connectivity index (χ2v) is 6.42. The van der Waals surface area contributed by atoms with Gasteiger partial charge in [-0.1, -0.05) is 12.1 Å². The molecule has 1 aromatic carbocycles. The van der Waals surface area contributed by atoms with Crippen molar-refractivity contribution < 1.29 is 9.53 Å². The number of methoxy groups -OCH3 is 1. The summed E-state index contributed by atoms with van der Waals surface area (Å²) in [5.41, 5.74) is -0.880. The maximum absolute atomic E-state index is 13.4. The minimum atomic E-state index is -0.679. The number of para-hydroxylation sites is 1. The van der Waals surface area contributed by atoms with Crippen LogP contribution in [0.15, 0.2) is 81.5 Å². The fraction of sp³-hybridized carbons (Fsp3) is 0.0952. The number of esters is 1. The second-order valence-electron chi connectivity index (χ2n) is 6.42. The predicted molar refractivity (Wildman–Crippen MR) is 109 cm³/mol. The van der Waals surface area contributed by atoms with E-state index in [9.17, 15) is 19.2 Å². The van der Waals surface area contributed by atoms with Crippen molar-refractivity contribution in [1.82, 2.24) is 18.7 Å². The summed E-state index contributed by atoms with van der Waals surface area (Å²) in [6.07, 6.45) is 4.42. The van der Waals surface area contributed by atoms with Crippen molar-refractivity contribution >= 4 is 17.0 Å². The Morgan fingerprint density at radius 2 is 1.73 bits per heavy atom. The number of nitrogens with zero attached hydrogens (tertiary/aromatic N) is 4. The van der Waals surface area contributed by atoms with Crippen molar-refractivity contribution in [2.24, 2.45) is 0 Å². The van der Waals surface area contributed by atoms with Crippen molar-refractivity contribution in [2.75, 3.05) is 7.11 Å². The molecule has 30 heavy (non-hydrogen) atoms. The molecule has 0 radical (unpaired) electrons. The lowest BCUT2D eigenvalue weighted by atomic mass is 10.1. The van der Waals surface area contributed by atoms with E-state index in [-0.39, 0.29) is 34.4 Å². The Balaban J connectivity index is 2.05. The molecule has 3 aromatic heterocycles. The highest BCUT2D eigenvalue weighted by molar-refractivity contribution is 5.94. The Kier molecular flexibility index (Phi) is 4.85. The molecule has 0 saturated heterocycles. The smallest absolute Gasteiger partial charge is 0.339 e. The number of fused-ring (bicyclic) bond motifs is 1. The van der Waals surface area contributed by atoms with Crippen LogP contribution in [-0.2, 0) is 11.4 Å². The zero-order valence-electron chi connectivity index (χ0n) is 15.9. The third kappa shape index (κ3) is 3.22. The Morgan fingerprint density at radius 1 is 1.00 bits per heavy atom. The molecule has 0 fully saturated rings. The van der Waals surface area contributed by atoms with E-state index in [1.54, 1.807) is 30.3 Å². The van der Waals surface area contributed by atoms with Gasteiger partial charge in [0.05, 0.1) is 23.7 Å². The lowest BCUT2D eigenvalue weighted by Gasteiger charge is -2.16. The molecular weight excluding hydrogens is 388 g/mol. The zero-order valence-corrected chi connectivity index (χ0v) is 15.9. The van der Waals surface area contributed by atoms with Gasteiger partial charge in [0.1, 0.15) is 6.67 Å². The number of hydrogen-bond acceptors (Lipinski definition) is 6. The molecule has 0 aliphatic carbocycles. The molecule has 0 spiro atoms. The van der Waals surface area contributed by atoms with Crippen molar-refractivity contribution in [1.29, 1.82) is 0 Å². The molecule has 4 aromatic rings. The van der Waals surface area contributed by atoms with Crippen molar-refractivity contribution in [3.63, 3.8) is 0 Å². The largest absolute Gasteiger partial charge is 0.465 e. The SMILES string of the molecule is COC(=O)c1ccccc1-n1c(=O)n(Cn2ccc(=O)cc2)c(=O)c2cccnc21. The van der Waals surface area contributed by atoms with Crippen LogP contribution in [0.3, 0.4) is 0 Å². The van der Waals surface area contributed by atoms with Gasteiger partial charge in [-0.05, 0) is 24.3 Å². The third-order valence-corrected chi connectivity index (χ3v) is 4.61. The van der Waals surface area contributed by atoms with Gasteiger partial charge in [0.2, 0.25) is 0 Å². The molecule has 0 bridgehead atoms. The molecule has 9 nitrogen and oxygen atoms in total. The highest BCUT2D eigenvalue weighted by Gasteiger charge is 2.20.